The van der Waals surface area contributed by atoms with Crippen molar-refractivity contribution in [1.82, 2.24) is 10.3 Å². The van der Waals surface area contributed by atoms with Gasteiger partial charge in [-0.1, -0.05) is 34.6 Å². The molecule has 4 heteroatoms. The molecule has 1 N–H and O–H groups in total. The second-order valence-electron chi connectivity index (χ2n) is 6.04. The first-order valence-corrected chi connectivity index (χ1v) is 8.53. The number of nitrogens with one attached hydrogen (secondary N) is 1. The molecule has 0 amide bonds. The fourth-order valence-corrected chi connectivity index (χ4v) is 3.44. The normalized spacial score (nSPS) is 15.1. The Bertz CT molecular complexity index is 415. The summed E-state index contributed by atoms with van der Waals surface area (Å²) in [6, 6.07) is 0.491. The summed E-state index contributed by atoms with van der Waals surface area (Å²) >= 11 is 1.80. The minimum absolute atomic E-state index is 0.251. The second-order valence-corrected chi connectivity index (χ2v) is 7.12. The van der Waals surface area contributed by atoms with Crippen molar-refractivity contribution >= 4 is 11.3 Å². The maximum Gasteiger partial charge on any atom is 0.125 e. The van der Waals surface area contributed by atoms with Crippen LogP contribution >= 0.6 is 11.3 Å². The Hall–Kier alpha value is -0.450. The monoisotopic (exact) mass is 298 g/mol. The van der Waals surface area contributed by atoms with Gasteiger partial charge in [0.1, 0.15) is 10.6 Å². The Morgan fingerprint density at radius 3 is 2.35 bits per heavy atom. The Morgan fingerprint density at radius 2 is 1.90 bits per heavy atom. The van der Waals surface area contributed by atoms with Gasteiger partial charge in [0.15, 0.2) is 0 Å². The number of aromatic nitrogens is 1. The average molecular weight is 298 g/mol. The van der Waals surface area contributed by atoms with E-state index in [0.717, 1.165) is 24.6 Å². The third-order valence-electron chi connectivity index (χ3n) is 3.54. The zero-order valence-corrected chi connectivity index (χ0v) is 14.9. The van der Waals surface area contributed by atoms with Gasteiger partial charge in [-0.15, -0.1) is 11.3 Å². The van der Waals surface area contributed by atoms with E-state index in [0.29, 0.717) is 12.0 Å². The van der Waals surface area contributed by atoms with Crippen molar-refractivity contribution in [1.29, 1.82) is 0 Å². The van der Waals surface area contributed by atoms with Crippen LogP contribution in [0.15, 0.2) is 0 Å². The molecule has 0 radical (unpaired) electrons. The van der Waals surface area contributed by atoms with Gasteiger partial charge in [0.2, 0.25) is 0 Å². The highest BCUT2D eigenvalue weighted by molar-refractivity contribution is 7.11. The largest absolute Gasteiger partial charge is 0.368 e. The Balaban J connectivity index is 3.07. The first-order chi connectivity index (χ1) is 9.34. The van der Waals surface area contributed by atoms with E-state index in [1.807, 2.05) is 6.92 Å². The van der Waals surface area contributed by atoms with Crippen molar-refractivity contribution in [3.8, 4) is 0 Å². The molecule has 0 bridgehead atoms. The van der Waals surface area contributed by atoms with Crippen LogP contribution in [0.25, 0.3) is 0 Å². The predicted octanol–water partition coefficient (Wildman–Crippen LogP) is 4.43. The van der Waals surface area contributed by atoms with Gasteiger partial charge < -0.3 is 10.1 Å². The molecule has 0 aromatic carbocycles. The van der Waals surface area contributed by atoms with E-state index in [1.165, 1.54) is 10.6 Å². The van der Waals surface area contributed by atoms with E-state index in [9.17, 15) is 0 Å². The molecule has 0 spiro atoms. The molecular formula is C16H30N2OS. The highest BCUT2D eigenvalue weighted by Crippen LogP contribution is 2.36. The quantitative estimate of drug-likeness (QED) is 0.771. The lowest BCUT2D eigenvalue weighted by Gasteiger charge is -2.25. The van der Waals surface area contributed by atoms with Gasteiger partial charge in [0, 0.05) is 24.1 Å². The topological polar surface area (TPSA) is 34.1 Å². The zero-order valence-electron chi connectivity index (χ0n) is 14.0. The molecule has 1 aromatic heterocycles. The molecule has 1 heterocycles. The van der Waals surface area contributed by atoms with Crippen LogP contribution in [0.3, 0.4) is 0 Å². The number of thiazole rings is 1. The summed E-state index contributed by atoms with van der Waals surface area (Å²) in [6.07, 6.45) is 0.947. The smallest absolute Gasteiger partial charge is 0.125 e. The first kappa shape index (κ1) is 17.6. The van der Waals surface area contributed by atoms with Crippen LogP contribution in [0.4, 0.5) is 0 Å². The van der Waals surface area contributed by atoms with Crippen LogP contribution in [0.5, 0.6) is 0 Å². The number of hydrogen-bond acceptors (Lipinski definition) is 4. The molecule has 1 aromatic rings. The third-order valence-corrected chi connectivity index (χ3v) is 4.85. The van der Waals surface area contributed by atoms with Crippen molar-refractivity contribution in [3.05, 3.63) is 15.6 Å². The molecule has 3 nitrogen and oxygen atoms in total. The van der Waals surface area contributed by atoms with Gasteiger partial charge >= 0.3 is 0 Å². The molecule has 20 heavy (non-hydrogen) atoms. The average Bonchev–Trinajstić information content (AvgIpc) is 2.81. The first-order valence-electron chi connectivity index (χ1n) is 7.71. The summed E-state index contributed by atoms with van der Waals surface area (Å²) in [6.45, 7) is 16.8. The summed E-state index contributed by atoms with van der Waals surface area (Å²) < 4.78 is 5.97. The fraction of sp³-hybridized carbons (Fsp3) is 0.812. The number of hydrogen-bond donors (Lipinski definition) is 1. The maximum absolute atomic E-state index is 5.97. The van der Waals surface area contributed by atoms with Crippen molar-refractivity contribution in [3.63, 3.8) is 0 Å². The summed E-state index contributed by atoms with van der Waals surface area (Å²) in [5.41, 5.74) is 0.969. The minimum atomic E-state index is -0.251. The van der Waals surface area contributed by atoms with Gasteiger partial charge in [0.05, 0.1) is 5.69 Å². The Kier molecular flexibility index (Phi) is 6.62. The van der Waals surface area contributed by atoms with Gasteiger partial charge in [-0.05, 0) is 26.2 Å². The summed E-state index contributed by atoms with van der Waals surface area (Å²) in [5.74, 6) is 0.451. The van der Waals surface area contributed by atoms with Crippen LogP contribution in [-0.4, -0.2) is 17.6 Å². The summed E-state index contributed by atoms with van der Waals surface area (Å²) in [4.78, 5) is 6.25. The van der Waals surface area contributed by atoms with Gasteiger partial charge in [-0.25, -0.2) is 4.98 Å². The van der Waals surface area contributed by atoms with E-state index in [4.69, 9.17) is 9.72 Å². The molecule has 1 rings (SSSR count). The SMILES string of the molecule is CCOC(C)(CC)c1nc(C(C)C)c(CNC(C)C)s1. The summed E-state index contributed by atoms with van der Waals surface area (Å²) in [7, 11) is 0. The lowest BCUT2D eigenvalue weighted by atomic mass is 10.0. The number of rotatable bonds is 8. The molecule has 0 saturated heterocycles. The van der Waals surface area contributed by atoms with Crippen LogP contribution in [0.2, 0.25) is 0 Å². The van der Waals surface area contributed by atoms with E-state index in [2.05, 4.69) is 46.9 Å². The highest BCUT2D eigenvalue weighted by atomic mass is 32.1. The molecule has 0 aliphatic heterocycles. The Morgan fingerprint density at radius 1 is 1.25 bits per heavy atom. The van der Waals surface area contributed by atoms with Crippen molar-refractivity contribution in [2.45, 2.75) is 79.0 Å². The molecule has 116 valence electrons. The maximum atomic E-state index is 5.97. The molecule has 0 aliphatic rings. The van der Waals surface area contributed by atoms with E-state index in [-0.39, 0.29) is 5.60 Å². The van der Waals surface area contributed by atoms with Crippen LogP contribution in [-0.2, 0) is 16.9 Å². The molecular weight excluding hydrogens is 268 g/mol. The lowest BCUT2D eigenvalue weighted by molar-refractivity contribution is -0.0325. The molecule has 0 aliphatic carbocycles. The highest BCUT2D eigenvalue weighted by Gasteiger charge is 2.30. The Labute approximate surface area is 128 Å². The number of ether oxygens (including phenoxy) is 1. The van der Waals surface area contributed by atoms with Gasteiger partial charge in [-0.2, -0.15) is 0 Å². The van der Waals surface area contributed by atoms with Gasteiger partial charge in [-0.3, -0.25) is 0 Å². The lowest BCUT2D eigenvalue weighted by Crippen LogP contribution is -2.24. The minimum Gasteiger partial charge on any atom is -0.368 e. The molecule has 1 atom stereocenters. The van der Waals surface area contributed by atoms with Crippen LogP contribution in [0, 0.1) is 0 Å². The van der Waals surface area contributed by atoms with E-state index < -0.39 is 0 Å². The standard InChI is InChI=1S/C16H30N2OS/c1-8-16(7,19-9-2)15-18-14(11(3)4)13(20-15)10-17-12(5)6/h11-12,17H,8-10H2,1-7H3. The van der Waals surface area contributed by atoms with Crippen molar-refractivity contribution in [2.24, 2.45) is 0 Å². The predicted molar refractivity (Wildman–Crippen MR) is 87.4 cm³/mol. The third kappa shape index (κ3) is 4.27. The molecule has 0 fully saturated rings. The molecule has 1 unspecified atom stereocenters. The number of nitrogens with zero attached hydrogens (tertiary/aromatic N) is 1. The van der Waals surface area contributed by atoms with E-state index in [1.54, 1.807) is 11.3 Å². The van der Waals surface area contributed by atoms with Crippen LogP contribution < -0.4 is 5.32 Å². The van der Waals surface area contributed by atoms with Gasteiger partial charge in [0.25, 0.3) is 0 Å². The fourth-order valence-electron chi connectivity index (χ4n) is 2.10. The van der Waals surface area contributed by atoms with Crippen LogP contribution in [0.1, 0.15) is 76.4 Å². The van der Waals surface area contributed by atoms with Crippen molar-refractivity contribution in [2.75, 3.05) is 6.61 Å². The van der Waals surface area contributed by atoms with Crippen molar-refractivity contribution < 1.29 is 4.74 Å². The summed E-state index contributed by atoms with van der Waals surface area (Å²) in [5, 5.41) is 4.62. The van der Waals surface area contributed by atoms with E-state index >= 15 is 0 Å². The zero-order chi connectivity index (χ0) is 15.3. The second kappa shape index (κ2) is 7.53. The molecule has 0 saturated carbocycles.